The first kappa shape index (κ1) is 46.2. The summed E-state index contributed by atoms with van der Waals surface area (Å²) in [6.45, 7) is 3.49. The number of rotatable bonds is 15. The van der Waals surface area contributed by atoms with Crippen LogP contribution < -0.4 is 32.2 Å². The topological polar surface area (TPSA) is 219 Å². The van der Waals surface area contributed by atoms with Gasteiger partial charge in [0.1, 0.15) is 35.0 Å². The van der Waals surface area contributed by atoms with Crippen molar-refractivity contribution >= 4 is 45.7 Å². The van der Waals surface area contributed by atoms with Gasteiger partial charge in [-0.1, -0.05) is 12.1 Å². The molecule has 7 aromatic rings. The first-order chi connectivity index (χ1) is 31.2. The summed E-state index contributed by atoms with van der Waals surface area (Å²) in [5.41, 5.74) is 11.4. The number of aryl methyl sites for hydroxylation is 6. The van der Waals surface area contributed by atoms with E-state index in [0.717, 1.165) is 9.13 Å². The summed E-state index contributed by atoms with van der Waals surface area (Å²) in [4.78, 5) is 60.7. The average molecular weight is 915 g/mol. The van der Waals surface area contributed by atoms with E-state index in [4.69, 9.17) is 20.9 Å². The number of hydrogen-bond acceptors (Lipinski definition) is 8. The number of halogens is 4. The van der Waals surface area contributed by atoms with Crippen LogP contribution in [0, 0.1) is 13.8 Å². The van der Waals surface area contributed by atoms with E-state index in [2.05, 4.69) is 20.2 Å². The largest absolute Gasteiger partial charge is 0.497 e. The maximum Gasteiger partial charge on any atom is 0.329 e. The molecule has 4 heterocycles. The minimum atomic E-state index is -4.99. The van der Waals surface area contributed by atoms with Crippen molar-refractivity contribution in [2.24, 2.45) is 35.5 Å². The molecule has 22 heteroatoms. The van der Waals surface area contributed by atoms with Crippen LogP contribution in [-0.4, -0.2) is 80.4 Å². The predicted molar refractivity (Wildman–Crippen MR) is 231 cm³/mol. The lowest BCUT2D eigenvalue weighted by atomic mass is 10.1. The number of carbonyl (C=O) groups is 4. The number of ether oxygens (including phenoxy) is 2. The number of benzene rings is 3. The Morgan fingerprint density at radius 2 is 1.17 bits per heavy atom. The van der Waals surface area contributed by atoms with Crippen LogP contribution in [0.5, 0.6) is 11.5 Å². The highest BCUT2D eigenvalue weighted by Gasteiger charge is 2.57. The van der Waals surface area contributed by atoms with Crippen molar-refractivity contribution in [3.63, 3.8) is 0 Å². The first-order valence-electron chi connectivity index (χ1n) is 20.5. The van der Waals surface area contributed by atoms with Gasteiger partial charge in [-0.15, -0.1) is 0 Å². The summed E-state index contributed by atoms with van der Waals surface area (Å²) in [6.07, 6.45) is 0. The second-order valence-electron chi connectivity index (χ2n) is 15.5. The fraction of sp³-hybridized carbons (Fsp3) is 0.318. The van der Waals surface area contributed by atoms with E-state index in [1.807, 2.05) is 0 Å². The summed E-state index contributed by atoms with van der Waals surface area (Å²) >= 11 is 0. The molecule has 0 atom stereocenters. The number of primary amides is 2. The molecular weight excluding hydrogens is 869 g/mol. The van der Waals surface area contributed by atoms with Crippen LogP contribution in [0.25, 0.3) is 22.1 Å². The normalized spacial score (nSPS) is 12.7. The minimum absolute atomic E-state index is 0.00692. The van der Waals surface area contributed by atoms with Crippen molar-refractivity contribution in [1.29, 1.82) is 0 Å². The Morgan fingerprint density at radius 3 is 1.68 bits per heavy atom. The molecule has 4 N–H and O–H groups in total. The zero-order chi connectivity index (χ0) is 48.0. The van der Waals surface area contributed by atoms with Gasteiger partial charge in [0.15, 0.2) is 0 Å². The molecule has 3 aromatic carbocycles. The number of aromatic nitrogens is 8. The number of alkyl halides is 4. The highest BCUT2D eigenvalue weighted by Crippen LogP contribution is 2.39. The van der Waals surface area contributed by atoms with E-state index in [9.17, 15) is 19.2 Å². The second-order valence-corrected chi connectivity index (χ2v) is 15.5. The summed E-state index contributed by atoms with van der Waals surface area (Å²) < 4.78 is 85.9. The second kappa shape index (κ2) is 17.7. The highest BCUT2D eigenvalue weighted by molar-refractivity contribution is 5.99. The lowest BCUT2D eigenvalue weighted by Gasteiger charge is -2.28. The summed E-state index contributed by atoms with van der Waals surface area (Å²) in [6, 6.07) is 15.7. The molecule has 0 aliphatic heterocycles. The van der Waals surface area contributed by atoms with Gasteiger partial charge in [-0.2, -0.15) is 37.7 Å². The number of nitrogens with two attached hydrogens (primary N) is 2. The molecule has 0 radical (unpaired) electrons. The summed E-state index contributed by atoms with van der Waals surface area (Å²) in [7, 11) is 4.20. The molecule has 0 saturated heterocycles. The summed E-state index contributed by atoms with van der Waals surface area (Å²) in [5, 5.41) is 8.52. The number of fused-ring (bicyclic) bond motifs is 2. The monoisotopic (exact) mass is 914 g/mol. The van der Waals surface area contributed by atoms with E-state index in [1.54, 1.807) is 52.0 Å². The molecule has 0 aliphatic rings. The van der Waals surface area contributed by atoms with Crippen molar-refractivity contribution in [2.75, 3.05) is 7.11 Å². The third-order valence-electron chi connectivity index (χ3n) is 11.0. The maximum atomic E-state index is 17.0. The number of methoxy groups -OCH3 is 1. The highest BCUT2D eigenvalue weighted by atomic mass is 19.3. The number of imidazole rings is 2. The number of hydrogen-bond donors (Lipinski definition) is 2. The molecule has 0 saturated carbocycles. The Balaban J connectivity index is 1.41. The minimum Gasteiger partial charge on any atom is -0.497 e. The van der Waals surface area contributed by atoms with Crippen LogP contribution in [0.2, 0.25) is 0 Å². The molecule has 18 nitrogen and oxygen atoms in total. The molecule has 4 amide bonds. The smallest absolute Gasteiger partial charge is 0.329 e. The Morgan fingerprint density at radius 1 is 0.667 bits per heavy atom. The molecule has 0 spiro atoms. The van der Waals surface area contributed by atoms with Gasteiger partial charge < -0.3 is 39.2 Å². The van der Waals surface area contributed by atoms with E-state index in [0.29, 0.717) is 22.7 Å². The van der Waals surface area contributed by atoms with Crippen molar-refractivity contribution < 1.29 is 46.2 Å². The first-order valence-corrected chi connectivity index (χ1v) is 20.5. The van der Waals surface area contributed by atoms with Gasteiger partial charge >= 0.3 is 11.8 Å². The maximum absolute atomic E-state index is 17.0. The molecule has 0 unspecified atom stereocenters. The number of amides is 4. The lowest BCUT2D eigenvalue weighted by Crippen LogP contribution is -2.49. The van der Waals surface area contributed by atoms with Crippen molar-refractivity contribution in [1.82, 2.24) is 37.8 Å². The average Bonchev–Trinajstić information content (AvgIpc) is 4.00. The van der Waals surface area contributed by atoms with Gasteiger partial charge in [0.05, 0.1) is 48.1 Å². The standard InChI is InChI=1S/C44H46F4N12O6/c1-8-59-33(16-24(3)53-59)39(63)51-41-55(5)31-18-27(37(49)61)12-15-30(31)57(41)22-43(45,46)44(47,48)23-58-36-32(56(6)42(58)52-40(64)34-17-25(4)54-60(34)9-2)19-28(38(50)62)20-35(36)66-21-26-10-13-29(65-7)14-11-26/h10-20H,8-9,21-23H2,1-7H3,(H2,49,61)(H2,50,62). The molecular formula is C44H46F4N12O6. The van der Waals surface area contributed by atoms with Gasteiger partial charge in [-0.05, 0) is 87.9 Å². The molecule has 4 aromatic heterocycles. The predicted octanol–water partition coefficient (Wildman–Crippen LogP) is 4.56. The van der Waals surface area contributed by atoms with Gasteiger partial charge in [-0.25, -0.2) is 0 Å². The van der Waals surface area contributed by atoms with Crippen LogP contribution in [0.15, 0.2) is 76.7 Å². The third kappa shape index (κ3) is 8.60. The van der Waals surface area contributed by atoms with Crippen LogP contribution in [0.4, 0.5) is 17.6 Å². The molecule has 346 valence electrons. The van der Waals surface area contributed by atoms with Gasteiger partial charge in [-0.3, -0.25) is 28.5 Å². The Kier molecular flexibility index (Phi) is 12.4. The molecule has 66 heavy (non-hydrogen) atoms. The Labute approximate surface area is 373 Å². The van der Waals surface area contributed by atoms with Crippen LogP contribution >= 0.6 is 0 Å². The van der Waals surface area contributed by atoms with Gasteiger partial charge in [0.2, 0.25) is 23.1 Å². The molecule has 0 fully saturated rings. The Bertz CT molecular complexity index is 3220. The van der Waals surface area contributed by atoms with Crippen LogP contribution in [0.1, 0.15) is 72.5 Å². The molecule has 7 rings (SSSR count). The summed E-state index contributed by atoms with van der Waals surface area (Å²) in [5.74, 6) is -13.2. The Hall–Kier alpha value is -7.78. The van der Waals surface area contributed by atoms with Crippen molar-refractivity contribution in [3.05, 3.63) is 117 Å². The number of carbonyl (C=O) groups excluding carboxylic acids is 4. The van der Waals surface area contributed by atoms with Gasteiger partial charge in [0, 0.05) is 38.3 Å². The van der Waals surface area contributed by atoms with Gasteiger partial charge in [0.25, 0.3) is 11.8 Å². The fourth-order valence-electron chi connectivity index (χ4n) is 7.63. The lowest BCUT2D eigenvalue weighted by molar-refractivity contribution is -0.221. The van der Waals surface area contributed by atoms with Crippen molar-refractivity contribution in [3.8, 4) is 11.5 Å². The SMILES string of the molecule is CCn1nc(C)cc1C(=O)N=c1n(C)c2cc(C(N)=O)ccc2n1CC(F)(F)C(F)(F)Cn1c(=NC(=O)c2cc(C)nn2CC)n(C)c2cc(C(N)=O)cc(OCc3ccc(OC)cc3)c21. The zero-order valence-corrected chi connectivity index (χ0v) is 37.0. The number of nitrogens with zero attached hydrogens (tertiary/aromatic N) is 10. The zero-order valence-electron chi connectivity index (χ0n) is 37.0. The molecule has 0 bridgehead atoms. The van der Waals surface area contributed by atoms with Crippen LogP contribution in [0.3, 0.4) is 0 Å². The van der Waals surface area contributed by atoms with Crippen molar-refractivity contribution in [2.45, 2.75) is 72.3 Å². The van der Waals surface area contributed by atoms with E-state index >= 15 is 17.6 Å². The third-order valence-corrected chi connectivity index (χ3v) is 11.0. The van der Waals surface area contributed by atoms with Crippen LogP contribution in [-0.2, 0) is 46.9 Å². The van der Waals surface area contributed by atoms with E-state index in [1.165, 1.54) is 82.2 Å². The molecule has 0 aliphatic carbocycles. The fourth-order valence-corrected chi connectivity index (χ4v) is 7.63. The quantitative estimate of drug-likeness (QED) is 0.139. The van der Waals surface area contributed by atoms with E-state index < -0.39 is 59.8 Å². The van der Waals surface area contributed by atoms with E-state index in [-0.39, 0.29) is 70.0 Å².